The molecule has 1 aromatic heterocycles. The maximum Gasteiger partial charge on any atom is 0.325 e. The van der Waals surface area contributed by atoms with Crippen LogP contribution >= 0.6 is 0 Å². The van der Waals surface area contributed by atoms with Crippen LogP contribution < -0.4 is 27.4 Å². The van der Waals surface area contributed by atoms with Crippen molar-refractivity contribution in [3.8, 4) is 0 Å². The van der Waals surface area contributed by atoms with E-state index in [-0.39, 0.29) is 18.8 Å². The summed E-state index contributed by atoms with van der Waals surface area (Å²) in [5.74, 6) is -3.13. The average molecular weight is 503 g/mol. The van der Waals surface area contributed by atoms with E-state index in [0.717, 1.165) is 16.5 Å². The molecule has 2 rings (SSSR count). The highest BCUT2D eigenvalue weighted by Crippen LogP contribution is 2.19. The number of hydrogen-bond donors (Lipinski definition) is 7. The molecule has 4 atom stereocenters. The van der Waals surface area contributed by atoms with Crippen LogP contribution in [-0.2, 0) is 25.6 Å². The SMILES string of the molecule is CC(NC(=O)C(CCCCN)NC(=O)C(NC(=O)C(N)Cc1c[nH]c2ccccc12)C(C)C)C(=O)O. The molecule has 3 amide bonds. The van der Waals surface area contributed by atoms with Crippen LogP contribution in [0.2, 0.25) is 0 Å². The fraction of sp³-hybridized carbons (Fsp3) is 0.520. The van der Waals surface area contributed by atoms with Crippen LogP contribution in [0.3, 0.4) is 0 Å². The Balaban J connectivity index is 2.07. The first-order chi connectivity index (χ1) is 17.0. The number of para-hydroxylation sites is 1. The largest absolute Gasteiger partial charge is 0.480 e. The van der Waals surface area contributed by atoms with E-state index < -0.39 is 47.9 Å². The van der Waals surface area contributed by atoms with Crippen LogP contribution in [-0.4, -0.2) is 64.5 Å². The maximum absolute atomic E-state index is 13.1. The molecule has 9 N–H and O–H groups in total. The highest BCUT2D eigenvalue weighted by molar-refractivity contribution is 5.94. The van der Waals surface area contributed by atoms with Crippen molar-refractivity contribution >= 4 is 34.6 Å². The molecular formula is C25H38N6O5. The fourth-order valence-electron chi connectivity index (χ4n) is 3.82. The van der Waals surface area contributed by atoms with Gasteiger partial charge in [-0.05, 0) is 56.7 Å². The number of aliphatic carboxylic acids is 1. The van der Waals surface area contributed by atoms with Crippen LogP contribution in [0.25, 0.3) is 10.9 Å². The molecule has 0 aliphatic rings. The molecule has 1 heterocycles. The minimum atomic E-state index is -1.19. The Morgan fingerprint density at radius 2 is 1.67 bits per heavy atom. The Morgan fingerprint density at radius 3 is 2.31 bits per heavy atom. The van der Waals surface area contributed by atoms with Gasteiger partial charge in [0.25, 0.3) is 0 Å². The van der Waals surface area contributed by atoms with Crippen molar-refractivity contribution in [2.45, 2.75) is 70.6 Å². The third kappa shape index (κ3) is 8.06. The zero-order valence-electron chi connectivity index (χ0n) is 21.0. The number of hydrogen-bond acceptors (Lipinski definition) is 6. The molecule has 0 radical (unpaired) electrons. The van der Waals surface area contributed by atoms with Gasteiger partial charge in [0, 0.05) is 17.1 Å². The fourth-order valence-corrected chi connectivity index (χ4v) is 3.82. The first-order valence-electron chi connectivity index (χ1n) is 12.2. The number of rotatable bonds is 14. The van der Waals surface area contributed by atoms with Crippen molar-refractivity contribution in [2.24, 2.45) is 17.4 Å². The van der Waals surface area contributed by atoms with E-state index in [1.807, 2.05) is 30.5 Å². The van der Waals surface area contributed by atoms with E-state index in [4.69, 9.17) is 16.6 Å². The van der Waals surface area contributed by atoms with E-state index in [0.29, 0.717) is 19.4 Å². The molecule has 0 saturated heterocycles. The zero-order chi connectivity index (χ0) is 26.8. The normalized spacial score (nSPS) is 14.6. The van der Waals surface area contributed by atoms with Crippen molar-refractivity contribution in [1.82, 2.24) is 20.9 Å². The molecule has 11 heteroatoms. The number of aromatic amines is 1. The van der Waals surface area contributed by atoms with E-state index in [1.165, 1.54) is 6.92 Å². The van der Waals surface area contributed by atoms with Crippen molar-refractivity contribution in [3.05, 3.63) is 36.0 Å². The monoisotopic (exact) mass is 502 g/mol. The number of benzene rings is 1. The molecule has 11 nitrogen and oxygen atoms in total. The molecule has 4 unspecified atom stereocenters. The molecule has 36 heavy (non-hydrogen) atoms. The van der Waals surface area contributed by atoms with E-state index >= 15 is 0 Å². The van der Waals surface area contributed by atoms with Crippen LogP contribution in [0.15, 0.2) is 30.5 Å². The van der Waals surface area contributed by atoms with E-state index in [9.17, 15) is 19.2 Å². The number of nitrogens with one attached hydrogen (secondary N) is 4. The van der Waals surface area contributed by atoms with Gasteiger partial charge in [0.05, 0.1) is 6.04 Å². The molecule has 198 valence electrons. The lowest BCUT2D eigenvalue weighted by molar-refractivity contribution is -0.142. The van der Waals surface area contributed by atoms with Crippen LogP contribution in [0, 0.1) is 5.92 Å². The summed E-state index contributed by atoms with van der Waals surface area (Å²) in [6, 6.07) is 3.78. The smallest absolute Gasteiger partial charge is 0.325 e. The topological polar surface area (TPSA) is 192 Å². The van der Waals surface area contributed by atoms with Gasteiger partial charge >= 0.3 is 5.97 Å². The van der Waals surface area contributed by atoms with Crippen LogP contribution in [0.5, 0.6) is 0 Å². The number of carboxylic acids is 1. The van der Waals surface area contributed by atoms with Crippen molar-refractivity contribution in [1.29, 1.82) is 0 Å². The number of carbonyl (C=O) groups excluding carboxylic acids is 3. The molecule has 0 aliphatic heterocycles. The van der Waals surface area contributed by atoms with Crippen LogP contribution in [0.4, 0.5) is 0 Å². The third-order valence-electron chi connectivity index (χ3n) is 6.01. The molecule has 0 aliphatic carbocycles. The molecular weight excluding hydrogens is 464 g/mol. The lowest BCUT2D eigenvalue weighted by Crippen LogP contribution is -2.58. The average Bonchev–Trinajstić information content (AvgIpc) is 3.23. The van der Waals surface area contributed by atoms with E-state index in [2.05, 4.69) is 20.9 Å². The summed E-state index contributed by atoms with van der Waals surface area (Å²) in [5.41, 5.74) is 13.5. The summed E-state index contributed by atoms with van der Waals surface area (Å²) in [7, 11) is 0. The molecule has 2 aromatic rings. The summed E-state index contributed by atoms with van der Waals surface area (Å²) in [6.45, 7) is 5.30. The minimum absolute atomic E-state index is 0.277. The Kier molecular flexibility index (Phi) is 10.9. The quantitative estimate of drug-likeness (QED) is 0.181. The van der Waals surface area contributed by atoms with Gasteiger partial charge in [-0.3, -0.25) is 19.2 Å². The lowest BCUT2D eigenvalue weighted by atomic mass is 10.00. The first-order valence-corrected chi connectivity index (χ1v) is 12.2. The summed E-state index contributed by atoms with van der Waals surface area (Å²) < 4.78 is 0. The van der Waals surface area contributed by atoms with Gasteiger partial charge < -0.3 is 37.5 Å². The second-order valence-electron chi connectivity index (χ2n) is 9.31. The number of unbranched alkanes of at least 4 members (excludes halogenated alkanes) is 1. The summed E-state index contributed by atoms with van der Waals surface area (Å²) in [6.07, 6.45) is 3.57. The Bertz CT molecular complexity index is 1050. The zero-order valence-corrected chi connectivity index (χ0v) is 21.0. The number of aromatic nitrogens is 1. The number of H-pyrrole nitrogens is 1. The second-order valence-corrected chi connectivity index (χ2v) is 9.31. The van der Waals surface area contributed by atoms with Gasteiger partial charge in [-0.25, -0.2) is 0 Å². The molecule has 0 fully saturated rings. The van der Waals surface area contributed by atoms with Gasteiger partial charge in [0.1, 0.15) is 18.1 Å². The van der Waals surface area contributed by atoms with E-state index in [1.54, 1.807) is 13.8 Å². The number of carboxylic acid groups (broad SMARTS) is 1. The van der Waals surface area contributed by atoms with Crippen molar-refractivity contribution in [2.75, 3.05) is 6.54 Å². The molecule has 1 aromatic carbocycles. The Morgan fingerprint density at radius 1 is 0.972 bits per heavy atom. The van der Waals surface area contributed by atoms with Gasteiger partial charge in [-0.15, -0.1) is 0 Å². The predicted molar refractivity (Wildman–Crippen MR) is 137 cm³/mol. The Labute approximate surface area is 210 Å². The second kappa shape index (κ2) is 13.6. The Hall–Kier alpha value is -3.44. The molecule has 0 saturated carbocycles. The molecule has 0 spiro atoms. The lowest BCUT2D eigenvalue weighted by Gasteiger charge is -2.26. The van der Waals surface area contributed by atoms with Gasteiger partial charge in [0.2, 0.25) is 17.7 Å². The van der Waals surface area contributed by atoms with Gasteiger partial charge in [-0.1, -0.05) is 32.0 Å². The summed E-state index contributed by atoms with van der Waals surface area (Å²) in [4.78, 5) is 52.9. The molecule has 0 bridgehead atoms. The highest BCUT2D eigenvalue weighted by atomic mass is 16.4. The van der Waals surface area contributed by atoms with Crippen molar-refractivity contribution < 1.29 is 24.3 Å². The summed E-state index contributed by atoms with van der Waals surface area (Å²) >= 11 is 0. The van der Waals surface area contributed by atoms with Gasteiger partial charge in [0.15, 0.2) is 0 Å². The maximum atomic E-state index is 13.1. The minimum Gasteiger partial charge on any atom is -0.480 e. The third-order valence-corrected chi connectivity index (χ3v) is 6.01. The first kappa shape index (κ1) is 28.8. The number of nitrogens with two attached hydrogens (primary N) is 2. The predicted octanol–water partition coefficient (Wildman–Crippen LogP) is 0.382. The number of fused-ring (bicyclic) bond motifs is 1. The standard InChI is InChI=1S/C25H38N6O5/c1-14(2)21(24(34)30-20(10-6-7-11-26)23(33)29-15(3)25(35)36)31-22(32)18(27)12-16-13-28-19-9-5-4-8-17(16)19/h4-5,8-9,13-15,18,20-21,28H,6-7,10-12,26-27H2,1-3H3,(H,29,33)(H,30,34)(H,31,32)(H,35,36). The van der Waals surface area contributed by atoms with Crippen LogP contribution in [0.1, 0.15) is 45.6 Å². The van der Waals surface area contributed by atoms with Gasteiger partial charge in [-0.2, -0.15) is 0 Å². The summed E-state index contributed by atoms with van der Waals surface area (Å²) in [5, 5.41) is 17.8. The highest BCUT2D eigenvalue weighted by Gasteiger charge is 2.31. The number of amides is 3. The number of carbonyl (C=O) groups is 4. The van der Waals surface area contributed by atoms with Crippen molar-refractivity contribution in [3.63, 3.8) is 0 Å².